The van der Waals surface area contributed by atoms with Crippen LogP contribution in [0.15, 0.2) is 53.6 Å². The molecule has 0 N–H and O–H groups in total. The zero-order chi connectivity index (χ0) is 10.5. The smallest absolute Gasteiger partial charge is 0.213 e. The van der Waals surface area contributed by atoms with Gasteiger partial charge in [-0.25, -0.2) is 4.98 Å². The standard InChI is InChI=1S/C12H10FNS/c13-11-7-4-8-12(14-11)15-9-10-5-2-1-3-6-10/h1-8H,9H2. The summed E-state index contributed by atoms with van der Waals surface area (Å²) in [6, 6.07) is 14.9. The Hall–Kier alpha value is -1.35. The molecule has 1 aromatic heterocycles. The van der Waals surface area contributed by atoms with Crippen molar-refractivity contribution < 1.29 is 4.39 Å². The van der Waals surface area contributed by atoms with Crippen molar-refractivity contribution in [3.8, 4) is 0 Å². The molecule has 0 bridgehead atoms. The van der Waals surface area contributed by atoms with E-state index in [1.54, 1.807) is 6.07 Å². The Morgan fingerprint density at radius 3 is 2.53 bits per heavy atom. The number of benzene rings is 1. The lowest BCUT2D eigenvalue weighted by Crippen LogP contribution is -1.85. The van der Waals surface area contributed by atoms with Crippen LogP contribution in [-0.4, -0.2) is 4.98 Å². The average Bonchev–Trinajstić information content (AvgIpc) is 2.28. The van der Waals surface area contributed by atoms with Crippen molar-refractivity contribution in [1.82, 2.24) is 4.98 Å². The van der Waals surface area contributed by atoms with Crippen molar-refractivity contribution in [3.05, 3.63) is 60.0 Å². The third-order valence-corrected chi connectivity index (χ3v) is 2.92. The minimum atomic E-state index is -0.423. The van der Waals surface area contributed by atoms with Crippen LogP contribution in [0.3, 0.4) is 0 Å². The molecule has 0 aliphatic carbocycles. The number of rotatable bonds is 3. The summed E-state index contributed by atoms with van der Waals surface area (Å²) in [6.45, 7) is 0. The Bertz CT molecular complexity index is 431. The van der Waals surface area contributed by atoms with Gasteiger partial charge in [-0.1, -0.05) is 36.4 Å². The van der Waals surface area contributed by atoms with E-state index in [9.17, 15) is 4.39 Å². The first-order valence-electron chi connectivity index (χ1n) is 4.64. The van der Waals surface area contributed by atoms with Crippen LogP contribution in [0.2, 0.25) is 0 Å². The maximum Gasteiger partial charge on any atom is 0.213 e. The van der Waals surface area contributed by atoms with Gasteiger partial charge in [0, 0.05) is 5.75 Å². The molecular weight excluding hydrogens is 209 g/mol. The van der Waals surface area contributed by atoms with Gasteiger partial charge in [-0.3, -0.25) is 0 Å². The topological polar surface area (TPSA) is 12.9 Å². The molecule has 3 heteroatoms. The molecule has 2 rings (SSSR count). The van der Waals surface area contributed by atoms with Crippen molar-refractivity contribution in [3.63, 3.8) is 0 Å². The van der Waals surface area contributed by atoms with Crippen LogP contribution in [0, 0.1) is 5.95 Å². The molecule has 1 heterocycles. The van der Waals surface area contributed by atoms with Gasteiger partial charge < -0.3 is 0 Å². The zero-order valence-electron chi connectivity index (χ0n) is 8.06. The number of nitrogens with zero attached hydrogens (tertiary/aromatic N) is 1. The van der Waals surface area contributed by atoms with Gasteiger partial charge >= 0.3 is 0 Å². The van der Waals surface area contributed by atoms with E-state index in [1.807, 2.05) is 36.4 Å². The predicted molar refractivity (Wildman–Crippen MR) is 60.2 cm³/mol. The second kappa shape index (κ2) is 4.94. The summed E-state index contributed by atoms with van der Waals surface area (Å²) in [7, 11) is 0. The normalized spacial score (nSPS) is 10.2. The highest BCUT2D eigenvalue weighted by molar-refractivity contribution is 7.98. The summed E-state index contributed by atoms with van der Waals surface area (Å²) in [6.07, 6.45) is 0. The second-order valence-electron chi connectivity index (χ2n) is 3.07. The maximum absolute atomic E-state index is 12.8. The van der Waals surface area contributed by atoms with Gasteiger partial charge in [0.25, 0.3) is 0 Å². The summed E-state index contributed by atoms with van der Waals surface area (Å²) in [5.74, 6) is 0.394. The Kier molecular flexibility index (Phi) is 3.35. The Balaban J connectivity index is 1.99. The van der Waals surface area contributed by atoms with Crippen molar-refractivity contribution >= 4 is 11.8 Å². The number of thioether (sulfide) groups is 1. The number of hydrogen-bond donors (Lipinski definition) is 0. The van der Waals surface area contributed by atoms with Gasteiger partial charge in [0.2, 0.25) is 5.95 Å². The van der Waals surface area contributed by atoms with E-state index in [2.05, 4.69) is 4.98 Å². The molecule has 0 fully saturated rings. The third kappa shape index (κ3) is 3.06. The number of halogens is 1. The Morgan fingerprint density at radius 2 is 1.80 bits per heavy atom. The lowest BCUT2D eigenvalue weighted by Gasteiger charge is -2.00. The van der Waals surface area contributed by atoms with Crippen LogP contribution in [0.25, 0.3) is 0 Å². The van der Waals surface area contributed by atoms with Crippen LogP contribution in [0.1, 0.15) is 5.56 Å². The Labute approximate surface area is 92.4 Å². The third-order valence-electron chi connectivity index (χ3n) is 1.92. The molecule has 15 heavy (non-hydrogen) atoms. The monoisotopic (exact) mass is 219 g/mol. The molecule has 1 aromatic carbocycles. The molecule has 0 saturated heterocycles. The molecule has 2 aromatic rings. The second-order valence-corrected chi connectivity index (χ2v) is 4.07. The molecule has 0 spiro atoms. The molecule has 0 radical (unpaired) electrons. The van der Waals surface area contributed by atoms with E-state index >= 15 is 0 Å². The molecule has 76 valence electrons. The fraction of sp³-hybridized carbons (Fsp3) is 0.0833. The van der Waals surface area contributed by atoms with Gasteiger partial charge in [0.05, 0.1) is 5.03 Å². The SMILES string of the molecule is Fc1cccc(SCc2ccccc2)n1. The Morgan fingerprint density at radius 1 is 1.00 bits per heavy atom. The first kappa shape index (κ1) is 10.2. The van der Waals surface area contributed by atoms with Crippen LogP contribution in [0.4, 0.5) is 4.39 Å². The molecule has 0 unspecified atom stereocenters. The fourth-order valence-electron chi connectivity index (χ4n) is 1.20. The van der Waals surface area contributed by atoms with Crippen LogP contribution >= 0.6 is 11.8 Å². The highest BCUT2D eigenvalue weighted by Gasteiger charge is 1.98. The molecule has 0 atom stereocenters. The zero-order valence-corrected chi connectivity index (χ0v) is 8.88. The fourth-order valence-corrected chi connectivity index (χ4v) is 2.04. The molecular formula is C12H10FNS. The highest BCUT2D eigenvalue weighted by atomic mass is 32.2. The van der Waals surface area contributed by atoms with E-state index in [1.165, 1.54) is 23.4 Å². The minimum absolute atomic E-state index is 0.423. The lowest BCUT2D eigenvalue weighted by molar-refractivity contribution is 0.572. The number of pyridine rings is 1. The van der Waals surface area contributed by atoms with Crippen LogP contribution in [-0.2, 0) is 5.75 Å². The van der Waals surface area contributed by atoms with E-state index in [0.29, 0.717) is 0 Å². The molecule has 0 aliphatic heterocycles. The summed E-state index contributed by atoms with van der Waals surface area (Å²) < 4.78 is 12.8. The van der Waals surface area contributed by atoms with Gasteiger partial charge in [0.15, 0.2) is 0 Å². The summed E-state index contributed by atoms with van der Waals surface area (Å²) in [4.78, 5) is 3.78. The van der Waals surface area contributed by atoms with Crippen molar-refractivity contribution in [2.45, 2.75) is 10.8 Å². The first-order chi connectivity index (χ1) is 7.34. The lowest BCUT2D eigenvalue weighted by atomic mass is 10.2. The van der Waals surface area contributed by atoms with Gasteiger partial charge in [-0.2, -0.15) is 4.39 Å². The summed E-state index contributed by atoms with van der Waals surface area (Å²) >= 11 is 1.54. The number of hydrogen-bond acceptors (Lipinski definition) is 2. The molecule has 0 amide bonds. The molecule has 1 nitrogen and oxygen atoms in total. The number of aromatic nitrogens is 1. The maximum atomic E-state index is 12.8. The quantitative estimate of drug-likeness (QED) is 0.578. The molecule has 0 aliphatic rings. The van der Waals surface area contributed by atoms with Gasteiger partial charge in [-0.15, -0.1) is 11.8 Å². The predicted octanol–water partition coefficient (Wildman–Crippen LogP) is 3.51. The average molecular weight is 219 g/mol. The molecule has 0 saturated carbocycles. The van der Waals surface area contributed by atoms with E-state index in [4.69, 9.17) is 0 Å². The largest absolute Gasteiger partial charge is 0.213 e. The van der Waals surface area contributed by atoms with E-state index in [0.717, 1.165) is 10.8 Å². The first-order valence-corrected chi connectivity index (χ1v) is 5.62. The highest BCUT2D eigenvalue weighted by Crippen LogP contribution is 2.20. The minimum Gasteiger partial charge on any atom is -0.213 e. The van der Waals surface area contributed by atoms with Crippen LogP contribution in [0.5, 0.6) is 0 Å². The van der Waals surface area contributed by atoms with Crippen LogP contribution < -0.4 is 0 Å². The van der Waals surface area contributed by atoms with Crippen molar-refractivity contribution in [1.29, 1.82) is 0 Å². The summed E-state index contributed by atoms with van der Waals surface area (Å²) in [5, 5.41) is 0.721. The van der Waals surface area contributed by atoms with Crippen molar-refractivity contribution in [2.75, 3.05) is 0 Å². The van der Waals surface area contributed by atoms with Gasteiger partial charge in [0.1, 0.15) is 0 Å². The summed E-state index contributed by atoms with van der Waals surface area (Å²) in [5.41, 5.74) is 1.22. The van der Waals surface area contributed by atoms with E-state index < -0.39 is 5.95 Å². The van der Waals surface area contributed by atoms with Crippen molar-refractivity contribution in [2.24, 2.45) is 0 Å². The van der Waals surface area contributed by atoms with Gasteiger partial charge in [-0.05, 0) is 17.7 Å². The van der Waals surface area contributed by atoms with E-state index in [-0.39, 0.29) is 0 Å².